The van der Waals surface area contributed by atoms with E-state index in [0.29, 0.717) is 5.92 Å². The van der Waals surface area contributed by atoms with Gasteiger partial charge in [0.15, 0.2) is 4.73 Å². The molecule has 1 saturated carbocycles. The van der Waals surface area contributed by atoms with Gasteiger partial charge in [0.25, 0.3) is 0 Å². The molecule has 2 N–H and O–H groups in total. The molecule has 1 aromatic rings. The molecule has 0 bridgehead atoms. The standard InChI is InChI=1S/C11H16BrN3/c1-7-9-8(11(13)4-5-11)3-2-6-15(9)10(12)14-7/h8H,2-6,13H2,1H3. The molecule has 2 heterocycles. The van der Waals surface area contributed by atoms with Gasteiger partial charge in [-0.3, -0.25) is 0 Å². The van der Waals surface area contributed by atoms with Crippen molar-refractivity contribution in [1.29, 1.82) is 0 Å². The van der Waals surface area contributed by atoms with Gasteiger partial charge in [-0.1, -0.05) is 0 Å². The quantitative estimate of drug-likeness (QED) is 0.851. The van der Waals surface area contributed by atoms with E-state index in [1.54, 1.807) is 0 Å². The summed E-state index contributed by atoms with van der Waals surface area (Å²) in [6, 6.07) is 0. The molecule has 1 aromatic heterocycles. The maximum Gasteiger partial charge on any atom is 0.177 e. The summed E-state index contributed by atoms with van der Waals surface area (Å²) in [6.45, 7) is 3.18. The van der Waals surface area contributed by atoms with Crippen LogP contribution in [0.15, 0.2) is 4.73 Å². The smallest absolute Gasteiger partial charge is 0.177 e. The van der Waals surface area contributed by atoms with Gasteiger partial charge < -0.3 is 10.3 Å². The van der Waals surface area contributed by atoms with Crippen LogP contribution in [0.1, 0.15) is 43.0 Å². The molecule has 0 amide bonds. The van der Waals surface area contributed by atoms with Gasteiger partial charge in [0.05, 0.1) is 5.69 Å². The molecule has 2 aliphatic rings. The molecule has 0 radical (unpaired) electrons. The topological polar surface area (TPSA) is 43.8 Å². The van der Waals surface area contributed by atoms with Crippen molar-refractivity contribution in [3.63, 3.8) is 0 Å². The predicted octanol–water partition coefficient (Wildman–Crippen LogP) is 2.32. The van der Waals surface area contributed by atoms with Crippen LogP contribution in [-0.4, -0.2) is 15.1 Å². The van der Waals surface area contributed by atoms with Gasteiger partial charge in [0.1, 0.15) is 0 Å². The number of halogens is 1. The number of nitrogens with zero attached hydrogens (tertiary/aromatic N) is 2. The van der Waals surface area contributed by atoms with Crippen LogP contribution in [0.25, 0.3) is 0 Å². The second kappa shape index (κ2) is 3.08. The fourth-order valence-electron chi connectivity index (χ4n) is 2.85. The van der Waals surface area contributed by atoms with Crippen LogP contribution in [-0.2, 0) is 6.54 Å². The van der Waals surface area contributed by atoms with E-state index >= 15 is 0 Å². The third-order valence-corrected chi connectivity index (χ3v) is 4.48. The molecule has 0 spiro atoms. The first kappa shape index (κ1) is 9.85. The Bertz CT molecular complexity index is 406. The summed E-state index contributed by atoms with van der Waals surface area (Å²) in [5.74, 6) is 0.532. The average Bonchev–Trinajstić information content (AvgIpc) is 2.89. The first-order valence-electron chi connectivity index (χ1n) is 5.63. The lowest BCUT2D eigenvalue weighted by Gasteiger charge is -2.30. The highest BCUT2D eigenvalue weighted by molar-refractivity contribution is 9.10. The fourth-order valence-corrected chi connectivity index (χ4v) is 3.48. The maximum atomic E-state index is 6.36. The molecular weight excluding hydrogens is 254 g/mol. The Morgan fingerprint density at radius 3 is 2.93 bits per heavy atom. The van der Waals surface area contributed by atoms with E-state index in [1.165, 1.54) is 31.4 Å². The molecule has 1 unspecified atom stereocenters. The molecule has 82 valence electrons. The number of imidazole rings is 1. The lowest BCUT2D eigenvalue weighted by atomic mass is 9.86. The van der Waals surface area contributed by atoms with Crippen LogP contribution in [0.3, 0.4) is 0 Å². The van der Waals surface area contributed by atoms with Gasteiger partial charge in [0, 0.05) is 23.7 Å². The van der Waals surface area contributed by atoms with Gasteiger partial charge in [0.2, 0.25) is 0 Å². The van der Waals surface area contributed by atoms with Crippen LogP contribution in [0, 0.1) is 6.92 Å². The molecule has 3 rings (SSSR count). The Balaban J connectivity index is 2.09. The van der Waals surface area contributed by atoms with Gasteiger partial charge in [-0.25, -0.2) is 4.98 Å². The SMILES string of the molecule is Cc1nc(Br)n2c1C(C1(N)CC1)CCC2. The Labute approximate surface area is 98.2 Å². The van der Waals surface area contributed by atoms with Gasteiger partial charge in [-0.2, -0.15) is 0 Å². The van der Waals surface area contributed by atoms with Crippen molar-refractivity contribution in [3.05, 3.63) is 16.1 Å². The molecule has 1 aliphatic heterocycles. The average molecular weight is 270 g/mol. The second-order valence-electron chi connectivity index (χ2n) is 4.93. The lowest BCUT2D eigenvalue weighted by Crippen LogP contribution is -2.34. The molecule has 0 saturated heterocycles. The summed E-state index contributed by atoms with van der Waals surface area (Å²) in [5.41, 5.74) is 8.98. The van der Waals surface area contributed by atoms with Gasteiger partial charge in [-0.05, 0) is 48.5 Å². The van der Waals surface area contributed by atoms with Gasteiger partial charge >= 0.3 is 0 Å². The van der Waals surface area contributed by atoms with Gasteiger partial charge in [-0.15, -0.1) is 0 Å². The molecular formula is C11H16BrN3. The van der Waals surface area contributed by atoms with Crippen molar-refractivity contribution >= 4 is 15.9 Å². The van der Waals surface area contributed by atoms with Crippen molar-refractivity contribution in [2.45, 2.75) is 50.6 Å². The van der Waals surface area contributed by atoms with Crippen LogP contribution < -0.4 is 5.73 Å². The highest BCUT2D eigenvalue weighted by atomic mass is 79.9. The Hall–Kier alpha value is -0.350. The number of rotatable bonds is 1. The van der Waals surface area contributed by atoms with E-state index in [1.807, 2.05) is 0 Å². The molecule has 1 fully saturated rings. The van der Waals surface area contributed by atoms with Crippen molar-refractivity contribution < 1.29 is 0 Å². The fraction of sp³-hybridized carbons (Fsp3) is 0.727. The zero-order valence-electron chi connectivity index (χ0n) is 8.96. The Kier molecular flexibility index (Phi) is 2.02. The van der Waals surface area contributed by atoms with E-state index in [4.69, 9.17) is 5.73 Å². The van der Waals surface area contributed by atoms with Crippen LogP contribution in [0.5, 0.6) is 0 Å². The normalized spacial score (nSPS) is 27.5. The number of hydrogen-bond donors (Lipinski definition) is 1. The minimum absolute atomic E-state index is 0.0857. The number of nitrogens with two attached hydrogens (primary N) is 1. The minimum atomic E-state index is 0.0857. The molecule has 1 aliphatic carbocycles. The molecule has 3 nitrogen and oxygen atoms in total. The van der Waals surface area contributed by atoms with Crippen LogP contribution in [0.4, 0.5) is 0 Å². The van der Waals surface area contributed by atoms with E-state index < -0.39 is 0 Å². The third kappa shape index (κ3) is 1.38. The number of aryl methyl sites for hydroxylation is 1. The van der Waals surface area contributed by atoms with E-state index in [2.05, 4.69) is 32.4 Å². The number of hydrogen-bond acceptors (Lipinski definition) is 2. The second-order valence-corrected chi connectivity index (χ2v) is 5.64. The molecule has 1 atom stereocenters. The highest BCUT2D eigenvalue weighted by Gasteiger charge is 2.48. The third-order valence-electron chi connectivity index (χ3n) is 3.87. The number of fused-ring (bicyclic) bond motifs is 1. The monoisotopic (exact) mass is 269 g/mol. The maximum absolute atomic E-state index is 6.36. The zero-order valence-corrected chi connectivity index (χ0v) is 10.5. The molecule has 15 heavy (non-hydrogen) atoms. The Morgan fingerprint density at radius 2 is 2.27 bits per heavy atom. The lowest BCUT2D eigenvalue weighted by molar-refractivity contribution is 0.385. The van der Waals surface area contributed by atoms with Crippen LogP contribution >= 0.6 is 15.9 Å². The molecule has 4 heteroatoms. The zero-order chi connectivity index (χ0) is 10.6. The van der Waals surface area contributed by atoms with Crippen molar-refractivity contribution in [2.24, 2.45) is 5.73 Å². The summed E-state index contributed by atoms with van der Waals surface area (Å²) in [5, 5.41) is 0. The van der Waals surface area contributed by atoms with Crippen molar-refractivity contribution in [3.8, 4) is 0 Å². The van der Waals surface area contributed by atoms with Crippen LogP contribution in [0.2, 0.25) is 0 Å². The summed E-state index contributed by atoms with van der Waals surface area (Å²) in [4.78, 5) is 4.51. The summed E-state index contributed by atoms with van der Waals surface area (Å²) >= 11 is 3.53. The minimum Gasteiger partial charge on any atom is -0.324 e. The number of aromatic nitrogens is 2. The Morgan fingerprint density at radius 1 is 1.53 bits per heavy atom. The van der Waals surface area contributed by atoms with E-state index in [9.17, 15) is 0 Å². The summed E-state index contributed by atoms with van der Waals surface area (Å²) in [6.07, 6.45) is 4.82. The van der Waals surface area contributed by atoms with E-state index in [-0.39, 0.29) is 5.54 Å². The summed E-state index contributed by atoms with van der Waals surface area (Å²) < 4.78 is 3.28. The molecule has 0 aromatic carbocycles. The largest absolute Gasteiger partial charge is 0.324 e. The van der Waals surface area contributed by atoms with Crippen molar-refractivity contribution in [2.75, 3.05) is 0 Å². The first-order chi connectivity index (χ1) is 7.12. The van der Waals surface area contributed by atoms with Crippen molar-refractivity contribution in [1.82, 2.24) is 9.55 Å². The highest BCUT2D eigenvalue weighted by Crippen LogP contribution is 2.50. The summed E-state index contributed by atoms with van der Waals surface area (Å²) in [7, 11) is 0. The predicted molar refractivity (Wildman–Crippen MR) is 62.8 cm³/mol. The van der Waals surface area contributed by atoms with E-state index in [0.717, 1.165) is 17.0 Å². The first-order valence-corrected chi connectivity index (χ1v) is 6.42.